The fourth-order valence-electron chi connectivity index (χ4n) is 3.44. The summed E-state index contributed by atoms with van der Waals surface area (Å²) < 4.78 is 1.81. The Labute approximate surface area is 183 Å². The Morgan fingerprint density at radius 3 is 2.33 bits per heavy atom. The van der Waals surface area contributed by atoms with E-state index in [4.69, 9.17) is 23.2 Å². The standard InChI is InChI=1S/C24H18Cl2N2O2/c1-14-7-9-15(10-8-14)24(30)27-23-21(16-11-12-18(25)19(26)13-16)22(29)17-5-3-4-6-20(17)28(23)2/h3-13H,1-2H3,(H,27,30). The molecule has 4 aromatic rings. The molecule has 0 radical (unpaired) electrons. The average molecular weight is 437 g/mol. The number of nitrogens with one attached hydrogen (secondary N) is 1. The fourth-order valence-corrected chi connectivity index (χ4v) is 3.74. The molecule has 0 atom stereocenters. The van der Waals surface area contributed by atoms with Crippen molar-refractivity contribution >= 4 is 45.8 Å². The number of halogens is 2. The van der Waals surface area contributed by atoms with E-state index >= 15 is 0 Å². The highest BCUT2D eigenvalue weighted by Gasteiger charge is 2.20. The predicted octanol–water partition coefficient (Wildman–Crippen LogP) is 6.07. The first-order chi connectivity index (χ1) is 14.4. The third-order valence-electron chi connectivity index (χ3n) is 5.06. The molecule has 3 aromatic carbocycles. The van der Waals surface area contributed by atoms with Crippen molar-refractivity contribution < 1.29 is 4.79 Å². The lowest BCUT2D eigenvalue weighted by molar-refractivity contribution is 0.102. The van der Waals surface area contributed by atoms with Crippen molar-refractivity contribution in [2.24, 2.45) is 7.05 Å². The molecule has 0 bridgehead atoms. The normalized spacial score (nSPS) is 10.9. The number of carbonyl (C=O) groups is 1. The van der Waals surface area contributed by atoms with Crippen LogP contribution in [0.15, 0.2) is 71.5 Å². The highest BCUT2D eigenvalue weighted by atomic mass is 35.5. The van der Waals surface area contributed by atoms with Crippen molar-refractivity contribution in [1.82, 2.24) is 4.57 Å². The number of anilines is 1. The van der Waals surface area contributed by atoms with Crippen LogP contribution >= 0.6 is 23.2 Å². The van der Waals surface area contributed by atoms with Gasteiger partial charge in [-0.15, -0.1) is 0 Å². The second-order valence-corrected chi connectivity index (χ2v) is 7.89. The Balaban J connectivity index is 1.95. The molecule has 0 aliphatic rings. The highest BCUT2D eigenvalue weighted by Crippen LogP contribution is 2.32. The first-order valence-corrected chi connectivity index (χ1v) is 10.1. The molecule has 1 amide bonds. The van der Waals surface area contributed by atoms with E-state index in [-0.39, 0.29) is 11.3 Å². The Morgan fingerprint density at radius 1 is 0.933 bits per heavy atom. The lowest BCUT2D eigenvalue weighted by atomic mass is 10.0. The van der Waals surface area contributed by atoms with Crippen molar-refractivity contribution in [3.63, 3.8) is 0 Å². The number of hydrogen-bond acceptors (Lipinski definition) is 2. The van der Waals surface area contributed by atoms with Gasteiger partial charge in [0.15, 0.2) is 5.43 Å². The maximum atomic E-state index is 13.4. The number of amides is 1. The van der Waals surface area contributed by atoms with Crippen LogP contribution in [0.25, 0.3) is 22.0 Å². The number of fused-ring (bicyclic) bond motifs is 1. The molecule has 1 aromatic heterocycles. The largest absolute Gasteiger partial charge is 0.330 e. The van der Waals surface area contributed by atoms with Gasteiger partial charge in [0.1, 0.15) is 5.82 Å². The van der Waals surface area contributed by atoms with Crippen LogP contribution in [0.3, 0.4) is 0 Å². The maximum absolute atomic E-state index is 13.4. The van der Waals surface area contributed by atoms with Crippen molar-refractivity contribution in [1.29, 1.82) is 0 Å². The zero-order valence-corrected chi connectivity index (χ0v) is 17.9. The van der Waals surface area contributed by atoms with Gasteiger partial charge in [-0.25, -0.2) is 0 Å². The number of rotatable bonds is 3. The minimum absolute atomic E-state index is 0.193. The molecular weight excluding hydrogens is 419 g/mol. The SMILES string of the molecule is Cc1ccc(C(=O)Nc2c(-c3ccc(Cl)c(Cl)c3)c(=O)c3ccccc3n2C)cc1. The number of nitrogens with zero attached hydrogens (tertiary/aromatic N) is 1. The van der Waals surface area contributed by atoms with Crippen LogP contribution in [0.2, 0.25) is 10.0 Å². The van der Waals surface area contributed by atoms with Crippen LogP contribution in [0.5, 0.6) is 0 Å². The monoisotopic (exact) mass is 436 g/mol. The van der Waals surface area contributed by atoms with Gasteiger partial charge >= 0.3 is 0 Å². The molecular formula is C24H18Cl2N2O2. The van der Waals surface area contributed by atoms with Crippen molar-refractivity contribution in [2.45, 2.75) is 6.92 Å². The Bertz CT molecular complexity index is 1340. The molecule has 0 unspecified atom stereocenters. The van der Waals surface area contributed by atoms with Crippen LogP contribution in [-0.4, -0.2) is 10.5 Å². The fraction of sp³-hybridized carbons (Fsp3) is 0.0833. The number of aryl methyl sites for hydroxylation is 2. The summed E-state index contributed by atoms with van der Waals surface area (Å²) in [5.74, 6) is 0.0873. The van der Waals surface area contributed by atoms with Gasteiger partial charge in [0.2, 0.25) is 0 Å². The molecule has 0 saturated heterocycles. The number of carbonyl (C=O) groups excluding carboxylic acids is 1. The summed E-state index contributed by atoms with van der Waals surface area (Å²) in [4.78, 5) is 26.4. The van der Waals surface area contributed by atoms with E-state index in [9.17, 15) is 9.59 Å². The van der Waals surface area contributed by atoms with E-state index in [1.54, 1.807) is 41.0 Å². The Hall–Kier alpha value is -3.08. The first kappa shape index (κ1) is 20.2. The summed E-state index contributed by atoms with van der Waals surface area (Å²) in [5.41, 5.74) is 3.01. The van der Waals surface area contributed by atoms with E-state index < -0.39 is 0 Å². The lowest BCUT2D eigenvalue weighted by Crippen LogP contribution is -2.21. The third-order valence-corrected chi connectivity index (χ3v) is 5.80. The quantitative estimate of drug-likeness (QED) is 0.423. The zero-order valence-electron chi connectivity index (χ0n) is 16.4. The number of aromatic nitrogens is 1. The molecule has 6 heteroatoms. The van der Waals surface area contributed by atoms with E-state index in [0.717, 1.165) is 5.56 Å². The van der Waals surface area contributed by atoms with Crippen LogP contribution in [0, 0.1) is 6.92 Å². The van der Waals surface area contributed by atoms with Crippen LogP contribution < -0.4 is 10.7 Å². The minimum atomic E-state index is -0.304. The van der Waals surface area contributed by atoms with Gasteiger partial charge in [0.05, 0.1) is 21.1 Å². The van der Waals surface area contributed by atoms with Gasteiger partial charge in [-0.1, -0.05) is 59.1 Å². The van der Waals surface area contributed by atoms with Gasteiger partial charge in [-0.3, -0.25) is 9.59 Å². The van der Waals surface area contributed by atoms with Gasteiger partial charge in [-0.2, -0.15) is 0 Å². The summed E-state index contributed by atoms with van der Waals surface area (Å²) >= 11 is 12.3. The van der Waals surface area contributed by atoms with E-state index in [0.29, 0.717) is 43.5 Å². The second-order valence-electron chi connectivity index (χ2n) is 7.08. The van der Waals surface area contributed by atoms with Crippen molar-refractivity contribution in [3.8, 4) is 11.1 Å². The summed E-state index contributed by atoms with van der Waals surface area (Å²) in [6.45, 7) is 1.96. The highest BCUT2D eigenvalue weighted by molar-refractivity contribution is 6.42. The molecule has 4 rings (SSSR count). The molecule has 1 N–H and O–H groups in total. The molecule has 0 aliphatic heterocycles. The molecule has 4 nitrogen and oxygen atoms in total. The van der Waals surface area contributed by atoms with Crippen LogP contribution in [0.1, 0.15) is 15.9 Å². The molecule has 0 aliphatic carbocycles. The zero-order chi connectivity index (χ0) is 21.4. The number of pyridine rings is 1. The molecule has 0 saturated carbocycles. The van der Waals surface area contributed by atoms with Crippen molar-refractivity contribution in [2.75, 3.05) is 5.32 Å². The molecule has 150 valence electrons. The lowest BCUT2D eigenvalue weighted by Gasteiger charge is -2.18. The molecule has 30 heavy (non-hydrogen) atoms. The maximum Gasteiger partial charge on any atom is 0.256 e. The molecule has 1 heterocycles. The summed E-state index contributed by atoms with van der Waals surface area (Å²) in [6, 6.07) is 19.5. The third kappa shape index (κ3) is 3.60. The summed E-state index contributed by atoms with van der Waals surface area (Å²) in [7, 11) is 1.81. The smallest absolute Gasteiger partial charge is 0.256 e. The van der Waals surface area contributed by atoms with Crippen LogP contribution in [-0.2, 0) is 7.05 Å². The van der Waals surface area contributed by atoms with E-state index in [1.165, 1.54) is 0 Å². The average Bonchev–Trinajstić information content (AvgIpc) is 2.74. The number of hydrogen-bond donors (Lipinski definition) is 1. The van der Waals surface area contributed by atoms with Crippen LogP contribution in [0.4, 0.5) is 5.82 Å². The van der Waals surface area contributed by atoms with Gasteiger partial charge in [0.25, 0.3) is 5.91 Å². The Kier molecular flexibility index (Phi) is 5.37. The predicted molar refractivity (Wildman–Crippen MR) is 124 cm³/mol. The molecule has 0 spiro atoms. The Morgan fingerprint density at radius 2 is 1.63 bits per heavy atom. The first-order valence-electron chi connectivity index (χ1n) is 9.32. The second kappa shape index (κ2) is 7.98. The number of benzene rings is 3. The van der Waals surface area contributed by atoms with Gasteiger partial charge in [0, 0.05) is 18.0 Å². The molecule has 0 fully saturated rings. The minimum Gasteiger partial charge on any atom is -0.330 e. The topological polar surface area (TPSA) is 51.1 Å². The number of para-hydroxylation sites is 1. The van der Waals surface area contributed by atoms with Gasteiger partial charge < -0.3 is 9.88 Å². The van der Waals surface area contributed by atoms with E-state index in [2.05, 4.69) is 5.32 Å². The summed E-state index contributed by atoms with van der Waals surface area (Å²) in [5, 5.41) is 4.20. The summed E-state index contributed by atoms with van der Waals surface area (Å²) in [6.07, 6.45) is 0. The van der Waals surface area contributed by atoms with E-state index in [1.807, 2.05) is 44.3 Å². The van der Waals surface area contributed by atoms with Gasteiger partial charge in [-0.05, 0) is 48.9 Å². The van der Waals surface area contributed by atoms with Crippen molar-refractivity contribution in [3.05, 3.63) is 98.1 Å².